The van der Waals surface area contributed by atoms with Crippen LogP contribution in [0.5, 0.6) is 0 Å². The maximum atomic E-state index is 11.3. The van der Waals surface area contributed by atoms with Gasteiger partial charge in [-0.2, -0.15) is 0 Å². The summed E-state index contributed by atoms with van der Waals surface area (Å²) in [5.74, 6) is 0. The smallest absolute Gasteiger partial charge is 0.287 e. The maximum Gasteiger partial charge on any atom is 0.475 e. The van der Waals surface area contributed by atoms with Gasteiger partial charge in [0, 0.05) is 0 Å². The number of rotatable bonds is 6. The number of hydrogen-bond donors (Lipinski definition) is 0. The third-order valence-corrected chi connectivity index (χ3v) is 2.43. The summed E-state index contributed by atoms with van der Waals surface area (Å²) in [6, 6.07) is 0. The molecule has 0 bridgehead atoms. The van der Waals surface area contributed by atoms with Gasteiger partial charge < -0.3 is 0 Å². The predicted molar refractivity (Wildman–Crippen MR) is 41.9 cm³/mol. The van der Waals surface area contributed by atoms with Crippen LogP contribution in [0.2, 0.25) is 0 Å². The molecule has 5 heteroatoms. The lowest BCUT2D eigenvalue weighted by Crippen LogP contribution is -1.97. The Morgan fingerprint density at radius 2 is 1.73 bits per heavy atom. The van der Waals surface area contributed by atoms with Gasteiger partial charge in [-0.05, 0) is 20.8 Å². The Labute approximate surface area is 67.5 Å². The quantitative estimate of drug-likeness (QED) is 0.590. The van der Waals surface area contributed by atoms with Crippen LogP contribution in [0.3, 0.4) is 0 Å². The molecule has 0 spiro atoms. The molecule has 0 aromatic heterocycles. The second-order valence-electron chi connectivity index (χ2n) is 1.62. The SMILES string of the molecule is C[CH]OP(=O)(OCC)OCC. The standard InChI is InChI=1S/C6H14O4P/c1-4-8-11(7,9-5-2)10-6-3/h4H,5-6H2,1-3H3. The number of phosphoric acid groups is 1. The lowest BCUT2D eigenvalue weighted by atomic mass is 10.9. The average Bonchev–Trinajstić information content (AvgIpc) is 1.88. The molecule has 0 aromatic rings. The van der Waals surface area contributed by atoms with Crippen LogP contribution in [-0.2, 0) is 18.1 Å². The van der Waals surface area contributed by atoms with Crippen molar-refractivity contribution in [3.05, 3.63) is 6.61 Å². The fraction of sp³-hybridized carbons (Fsp3) is 0.833. The first-order valence-corrected chi connectivity index (χ1v) is 5.00. The molecule has 0 saturated heterocycles. The van der Waals surface area contributed by atoms with E-state index in [1.165, 1.54) is 6.61 Å². The van der Waals surface area contributed by atoms with E-state index in [0.717, 1.165) is 0 Å². The highest BCUT2D eigenvalue weighted by molar-refractivity contribution is 7.48. The summed E-state index contributed by atoms with van der Waals surface area (Å²) < 4.78 is 25.6. The van der Waals surface area contributed by atoms with E-state index in [-0.39, 0.29) is 0 Å². The second-order valence-corrected chi connectivity index (χ2v) is 3.25. The molecule has 0 unspecified atom stereocenters. The van der Waals surface area contributed by atoms with Crippen molar-refractivity contribution in [1.29, 1.82) is 0 Å². The lowest BCUT2D eigenvalue weighted by molar-refractivity contribution is 0.143. The van der Waals surface area contributed by atoms with Gasteiger partial charge in [-0.1, -0.05) is 0 Å². The van der Waals surface area contributed by atoms with Gasteiger partial charge in [0.2, 0.25) is 0 Å². The molecular formula is C6H14O4P. The minimum Gasteiger partial charge on any atom is -0.287 e. The first kappa shape index (κ1) is 11.1. The van der Waals surface area contributed by atoms with Crippen molar-refractivity contribution in [2.24, 2.45) is 0 Å². The average molecular weight is 181 g/mol. The van der Waals surface area contributed by atoms with Gasteiger partial charge in [0.05, 0.1) is 19.8 Å². The molecular weight excluding hydrogens is 167 g/mol. The van der Waals surface area contributed by atoms with Crippen molar-refractivity contribution >= 4 is 7.82 Å². The van der Waals surface area contributed by atoms with E-state index in [1.54, 1.807) is 20.8 Å². The Morgan fingerprint density at radius 3 is 2.00 bits per heavy atom. The van der Waals surface area contributed by atoms with Crippen LogP contribution in [0.1, 0.15) is 20.8 Å². The molecule has 0 N–H and O–H groups in total. The van der Waals surface area contributed by atoms with Gasteiger partial charge in [-0.3, -0.25) is 13.6 Å². The van der Waals surface area contributed by atoms with E-state index in [4.69, 9.17) is 13.6 Å². The summed E-state index contributed by atoms with van der Waals surface area (Å²) in [7, 11) is -3.27. The highest BCUT2D eigenvalue weighted by Crippen LogP contribution is 2.49. The molecule has 0 saturated carbocycles. The topological polar surface area (TPSA) is 44.8 Å². The number of phosphoric ester groups is 1. The van der Waals surface area contributed by atoms with Crippen LogP contribution in [-0.4, -0.2) is 13.2 Å². The van der Waals surface area contributed by atoms with Crippen molar-refractivity contribution in [3.63, 3.8) is 0 Å². The Morgan fingerprint density at radius 1 is 1.27 bits per heavy atom. The second kappa shape index (κ2) is 5.72. The Kier molecular flexibility index (Phi) is 5.78. The van der Waals surface area contributed by atoms with Crippen molar-refractivity contribution in [3.8, 4) is 0 Å². The van der Waals surface area contributed by atoms with Crippen LogP contribution in [0.15, 0.2) is 0 Å². The van der Waals surface area contributed by atoms with Gasteiger partial charge in [-0.15, -0.1) is 0 Å². The van der Waals surface area contributed by atoms with E-state index in [9.17, 15) is 4.57 Å². The van der Waals surface area contributed by atoms with Gasteiger partial charge in [0.15, 0.2) is 0 Å². The molecule has 0 rings (SSSR count). The maximum absolute atomic E-state index is 11.3. The van der Waals surface area contributed by atoms with E-state index >= 15 is 0 Å². The highest BCUT2D eigenvalue weighted by Gasteiger charge is 2.23. The first-order valence-electron chi connectivity index (χ1n) is 3.53. The van der Waals surface area contributed by atoms with Crippen molar-refractivity contribution < 1.29 is 18.1 Å². The van der Waals surface area contributed by atoms with Crippen LogP contribution in [0, 0.1) is 6.61 Å². The molecule has 0 aliphatic carbocycles. The summed E-state index contributed by atoms with van der Waals surface area (Å²) in [5, 5.41) is 0. The molecule has 0 aromatic carbocycles. The van der Waals surface area contributed by atoms with Crippen molar-refractivity contribution in [2.45, 2.75) is 20.8 Å². The van der Waals surface area contributed by atoms with Crippen LogP contribution in [0.4, 0.5) is 0 Å². The normalized spacial score (nSPS) is 11.9. The molecule has 0 aliphatic rings. The fourth-order valence-electron chi connectivity index (χ4n) is 0.543. The molecule has 0 heterocycles. The molecule has 0 aliphatic heterocycles. The molecule has 0 fully saturated rings. The van der Waals surface area contributed by atoms with Gasteiger partial charge in [0.25, 0.3) is 0 Å². The molecule has 4 nitrogen and oxygen atoms in total. The summed E-state index contributed by atoms with van der Waals surface area (Å²) in [5.41, 5.74) is 0. The van der Waals surface area contributed by atoms with E-state index < -0.39 is 7.82 Å². The summed E-state index contributed by atoms with van der Waals surface area (Å²) in [6.45, 7) is 6.99. The summed E-state index contributed by atoms with van der Waals surface area (Å²) in [6.07, 6.45) is 0. The molecule has 0 amide bonds. The molecule has 67 valence electrons. The summed E-state index contributed by atoms with van der Waals surface area (Å²) in [4.78, 5) is 0. The third kappa shape index (κ3) is 4.53. The van der Waals surface area contributed by atoms with Gasteiger partial charge >= 0.3 is 7.82 Å². The highest BCUT2D eigenvalue weighted by atomic mass is 31.2. The minimum absolute atomic E-state index is 0.311. The first-order chi connectivity index (χ1) is 5.18. The Balaban J connectivity index is 3.91. The molecule has 1 radical (unpaired) electrons. The number of hydrogen-bond acceptors (Lipinski definition) is 4. The largest absolute Gasteiger partial charge is 0.475 e. The van der Waals surface area contributed by atoms with E-state index in [1.807, 2.05) is 0 Å². The van der Waals surface area contributed by atoms with Crippen LogP contribution < -0.4 is 0 Å². The van der Waals surface area contributed by atoms with E-state index in [0.29, 0.717) is 13.2 Å². The minimum atomic E-state index is -3.27. The monoisotopic (exact) mass is 181 g/mol. The van der Waals surface area contributed by atoms with E-state index in [2.05, 4.69) is 0 Å². The van der Waals surface area contributed by atoms with Crippen LogP contribution in [0.25, 0.3) is 0 Å². The Hall–Kier alpha value is 0.110. The van der Waals surface area contributed by atoms with Gasteiger partial charge in [-0.25, -0.2) is 4.57 Å². The zero-order valence-electron chi connectivity index (χ0n) is 7.07. The molecule has 11 heavy (non-hydrogen) atoms. The molecule has 0 atom stereocenters. The third-order valence-electron chi connectivity index (χ3n) is 0.809. The van der Waals surface area contributed by atoms with Gasteiger partial charge in [0.1, 0.15) is 0 Å². The lowest BCUT2D eigenvalue weighted by Gasteiger charge is -2.14. The predicted octanol–water partition coefficient (Wildman–Crippen LogP) is 2.37. The van der Waals surface area contributed by atoms with Crippen LogP contribution >= 0.6 is 7.82 Å². The zero-order chi connectivity index (χ0) is 8.74. The summed E-state index contributed by atoms with van der Waals surface area (Å²) >= 11 is 0. The van der Waals surface area contributed by atoms with Crippen molar-refractivity contribution in [1.82, 2.24) is 0 Å². The Bertz CT molecular complexity index is 113. The van der Waals surface area contributed by atoms with Crippen molar-refractivity contribution in [2.75, 3.05) is 13.2 Å². The zero-order valence-corrected chi connectivity index (χ0v) is 7.97. The fourth-order valence-corrected chi connectivity index (χ4v) is 1.63.